The standard InChI is InChI=1S/C39H38N6O4S/c1-22-18-27(49-26-8-5-6-23(19-26)21-48-31-9-4-3-7-24(31)20-40)10-11-28(22)39(43)29-12-13-30(41)35-32(29)33(34(42)37(39)46)36(50-35)38(47)44-25-14-16-45(2)17-15-25/h3-13,18-19,25,34H,14-17,21,41-43H2,1-2H3,(H,44,47). The molecule has 50 heavy (non-hydrogen) atoms. The van der Waals surface area contributed by atoms with Crippen LogP contribution >= 0.6 is 11.3 Å². The highest BCUT2D eigenvalue weighted by Crippen LogP contribution is 2.50. The van der Waals surface area contributed by atoms with Crippen LogP contribution in [-0.4, -0.2) is 42.8 Å². The summed E-state index contributed by atoms with van der Waals surface area (Å²) in [5, 5.41) is 13.2. The number of likely N-dealkylation sites (tertiary alicyclic amines) is 1. The van der Waals surface area contributed by atoms with Crippen LogP contribution in [-0.2, 0) is 16.9 Å². The van der Waals surface area contributed by atoms with Crippen LogP contribution in [0.15, 0.2) is 78.9 Å². The van der Waals surface area contributed by atoms with E-state index >= 15 is 0 Å². The molecule has 0 bridgehead atoms. The number of thiophene rings is 1. The fourth-order valence-corrected chi connectivity index (χ4v) is 8.26. The quantitative estimate of drug-likeness (QED) is 0.151. The number of ketones is 1. The summed E-state index contributed by atoms with van der Waals surface area (Å²) in [6.07, 6.45) is 1.70. The number of para-hydroxylation sites is 1. The number of hydrogen-bond acceptors (Lipinski definition) is 10. The number of Topliss-reactive ketones (excluding diaryl/α,β-unsaturated/α-hetero) is 1. The number of benzene rings is 4. The predicted octanol–water partition coefficient (Wildman–Crippen LogP) is 5.64. The van der Waals surface area contributed by atoms with Gasteiger partial charge >= 0.3 is 0 Å². The fraction of sp³-hybridized carbons (Fsp3) is 0.256. The molecule has 2 atom stereocenters. The second-order valence-corrected chi connectivity index (χ2v) is 14.1. The zero-order valence-corrected chi connectivity index (χ0v) is 28.7. The van der Waals surface area contributed by atoms with E-state index < -0.39 is 17.4 Å². The number of amides is 1. The lowest BCUT2D eigenvalue weighted by Gasteiger charge is -2.37. The Hall–Kier alpha value is -5.25. The molecular formula is C39H38N6O4S. The lowest BCUT2D eigenvalue weighted by atomic mass is 9.69. The number of nitrogens with two attached hydrogens (primary N) is 3. The number of anilines is 1. The molecule has 5 aromatic rings. The maximum atomic E-state index is 14.3. The second-order valence-electron chi connectivity index (χ2n) is 13.1. The van der Waals surface area contributed by atoms with Crippen molar-refractivity contribution in [2.75, 3.05) is 25.9 Å². The van der Waals surface area contributed by atoms with Crippen molar-refractivity contribution in [1.82, 2.24) is 10.2 Å². The molecule has 1 aliphatic carbocycles. The number of rotatable bonds is 8. The predicted molar refractivity (Wildman–Crippen MR) is 194 cm³/mol. The SMILES string of the molecule is Cc1cc(Oc2cccc(COc3ccccc3C#N)c2)ccc1C1(N)C(=O)C(N)c2c(C(=O)NC3CCN(C)CC3)sc3c(N)ccc1c23. The number of nitrogens with zero attached hydrogens (tertiary/aromatic N) is 2. The molecule has 7 N–H and O–H groups in total. The zero-order valence-electron chi connectivity index (χ0n) is 27.9. The number of aryl methyl sites for hydroxylation is 1. The highest BCUT2D eigenvalue weighted by molar-refractivity contribution is 7.21. The Morgan fingerprint density at radius 3 is 2.54 bits per heavy atom. The minimum absolute atomic E-state index is 0.0446. The molecule has 1 aromatic heterocycles. The molecular weight excluding hydrogens is 649 g/mol. The number of nitrogens with one attached hydrogen (secondary N) is 1. The van der Waals surface area contributed by atoms with Crippen LogP contribution in [0.2, 0.25) is 0 Å². The summed E-state index contributed by atoms with van der Waals surface area (Å²) in [5.41, 5.74) is 23.0. The van der Waals surface area contributed by atoms with Gasteiger partial charge in [0.05, 0.1) is 21.2 Å². The number of hydrogen-bond donors (Lipinski definition) is 4. The number of nitrogen functional groups attached to an aromatic ring is 1. The van der Waals surface area contributed by atoms with Gasteiger partial charge in [0, 0.05) is 22.7 Å². The van der Waals surface area contributed by atoms with Crippen molar-refractivity contribution in [3.63, 3.8) is 0 Å². The van der Waals surface area contributed by atoms with Crippen LogP contribution < -0.4 is 32.0 Å². The van der Waals surface area contributed by atoms with Gasteiger partial charge in [-0.15, -0.1) is 11.3 Å². The Morgan fingerprint density at radius 2 is 1.78 bits per heavy atom. The zero-order chi connectivity index (χ0) is 35.2. The molecule has 11 heteroatoms. The van der Waals surface area contributed by atoms with Crippen LogP contribution in [0, 0.1) is 18.3 Å². The molecule has 2 aliphatic rings. The molecule has 7 rings (SSSR count). The third-order valence-corrected chi connectivity index (χ3v) is 11.0. The Morgan fingerprint density at radius 1 is 1.04 bits per heavy atom. The Kier molecular flexibility index (Phi) is 8.80. The number of nitriles is 1. The largest absolute Gasteiger partial charge is 0.488 e. The smallest absolute Gasteiger partial charge is 0.261 e. The molecule has 0 spiro atoms. The first kappa shape index (κ1) is 33.3. The second kappa shape index (κ2) is 13.2. The van der Waals surface area contributed by atoms with Crippen LogP contribution in [0.1, 0.15) is 61.9 Å². The van der Waals surface area contributed by atoms with E-state index in [4.69, 9.17) is 26.7 Å². The van der Waals surface area contributed by atoms with Gasteiger partial charge < -0.3 is 36.9 Å². The van der Waals surface area contributed by atoms with E-state index in [0.29, 0.717) is 60.2 Å². The Balaban J connectivity index is 1.17. The van der Waals surface area contributed by atoms with Gasteiger partial charge in [-0.05, 0) is 105 Å². The molecule has 254 valence electrons. The van der Waals surface area contributed by atoms with Gasteiger partial charge in [-0.25, -0.2) is 0 Å². The van der Waals surface area contributed by atoms with E-state index in [1.807, 2.05) is 43.3 Å². The summed E-state index contributed by atoms with van der Waals surface area (Å²) >= 11 is 1.26. The van der Waals surface area contributed by atoms with Crippen molar-refractivity contribution in [1.29, 1.82) is 5.26 Å². The Labute approximate surface area is 294 Å². The van der Waals surface area contributed by atoms with Gasteiger partial charge in [-0.2, -0.15) is 5.26 Å². The van der Waals surface area contributed by atoms with E-state index in [1.54, 1.807) is 42.5 Å². The van der Waals surface area contributed by atoms with E-state index in [1.165, 1.54) is 11.3 Å². The maximum Gasteiger partial charge on any atom is 0.261 e. The number of piperidine rings is 1. The molecule has 1 aliphatic heterocycles. The van der Waals surface area contributed by atoms with E-state index in [-0.39, 0.29) is 18.6 Å². The fourth-order valence-electron chi connectivity index (χ4n) is 7.05. The van der Waals surface area contributed by atoms with Gasteiger partial charge in [-0.3, -0.25) is 9.59 Å². The van der Waals surface area contributed by atoms with Crippen LogP contribution in [0.3, 0.4) is 0 Å². The summed E-state index contributed by atoms with van der Waals surface area (Å²) in [6.45, 7) is 3.94. The average Bonchev–Trinajstić information content (AvgIpc) is 3.53. The number of carbonyl (C=O) groups excluding carboxylic acids is 2. The summed E-state index contributed by atoms with van der Waals surface area (Å²) in [6, 6.07) is 24.6. The first-order valence-electron chi connectivity index (χ1n) is 16.5. The number of ether oxygens (including phenoxy) is 2. The van der Waals surface area contributed by atoms with Crippen molar-refractivity contribution in [3.8, 4) is 23.3 Å². The Bertz CT molecular complexity index is 2180. The number of carbonyl (C=O) groups is 2. The van der Waals surface area contributed by atoms with Crippen molar-refractivity contribution >= 4 is 38.8 Å². The van der Waals surface area contributed by atoms with E-state index in [9.17, 15) is 14.9 Å². The molecule has 1 saturated heterocycles. The highest BCUT2D eigenvalue weighted by Gasteiger charge is 2.49. The third-order valence-electron chi connectivity index (χ3n) is 9.73. The van der Waals surface area contributed by atoms with Crippen LogP contribution in [0.4, 0.5) is 5.69 Å². The van der Waals surface area contributed by atoms with Crippen molar-refractivity contribution in [2.45, 2.75) is 44.0 Å². The lowest BCUT2D eigenvalue weighted by Crippen LogP contribution is -2.53. The molecule has 0 radical (unpaired) electrons. The van der Waals surface area contributed by atoms with Crippen LogP contribution in [0.25, 0.3) is 10.1 Å². The molecule has 2 unspecified atom stereocenters. The molecule has 0 saturated carbocycles. The maximum absolute atomic E-state index is 14.3. The van der Waals surface area contributed by atoms with Gasteiger partial charge in [-0.1, -0.05) is 36.4 Å². The summed E-state index contributed by atoms with van der Waals surface area (Å²) in [5.74, 6) is 1.03. The van der Waals surface area contributed by atoms with Crippen molar-refractivity contribution in [3.05, 3.63) is 117 Å². The van der Waals surface area contributed by atoms with Gasteiger partial charge in [0.25, 0.3) is 5.91 Å². The third kappa shape index (κ3) is 5.86. The van der Waals surface area contributed by atoms with Crippen molar-refractivity contribution in [2.24, 2.45) is 11.5 Å². The average molecular weight is 687 g/mol. The molecule has 1 fully saturated rings. The summed E-state index contributed by atoms with van der Waals surface area (Å²) in [7, 11) is 2.07. The topological polar surface area (TPSA) is 170 Å². The van der Waals surface area contributed by atoms with Crippen molar-refractivity contribution < 1.29 is 19.1 Å². The molecule has 1 amide bonds. The summed E-state index contributed by atoms with van der Waals surface area (Å²) in [4.78, 5) is 30.7. The van der Waals surface area contributed by atoms with Gasteiger partial charge in [0.15, 0.2) is 5.78 Å². The van der Waals surface area contributed by atoms with E-state index in [2.05, 4.69) is 23.3 Å². The molecule has 10 nitrogen and oxygen atoms in total. The van der Waals surface area contributed by atoms with Gasteiger partial charge in [0.2, 0.25) is 0 Å². The minimum atomic E-state index is -1.58. The molecule has 4 aromatic carbocycles. The van der Waals surface area contributed by atoms with Gasteiger partial charge in [0.1, 0.15) is 35.5 Å². The van der Waals surface area contributed by atoms with E-state index in [0.717, 1.165) is 37.1 Å². The summed E-state index contributed by atoms with van der Waals surface area (Å²) < 4.78 is 12.8. The lowest BCUT2D eigenvalue weighted by molar-refractivity contribution is -0.124. The first-order valence-corrected chi connectivity index (χ1v) is 17.3. The highest BCUT2D eigenvalue weighted by atomic mass is 32.1. The minimum Gasteiger partial charge on any atom is -0.488 e. The monoisotopic (exact) mass is 686 g/mol. The molecule has 2 heterocycles. The first-order chi connectivity index (χ1) is 24.1. The van der Waals surface area contributed by atoms with Crippen LogP contribution in [0.5, 0.6) is 17.2 Å². The normalized spacial score (nSPS) is 19.3.